The van der Waals surface area contributed by atoms with Crippen LogP contribution in [0.1, 0.15) is 58.3 Å². The summed E-state index contributed by atoms with van der Waals surface area (Å²) in [5.74, 6) is -1.96. The van der Waals surface area contributed by atoms with Crippen LogP contribution in [0.2, 0.25) is 0 Å². The number of carbonyl (C=O) groups excluding carboxylic acids is 4. The number of rotatable bonds is 11. The van der Waals surface area contributed by atoms with Crippen LogP contribution in [0.5, 0.6) is 0 Å². The Morgan fingerprint density at radius 1 is 1.00 bits per heavy atom. The second-order valence-corrected chi connectivity index (χ2v) is 8.48. The minimum atomic E-state index is -0.571. The number of aliphatic hydroxyl groups excluding tert-OH is 1. The zero-order valence-electron chi connectivity index (χ0n) is 20.1. The van der Waals surface area contributed by atoms with Crippen LogP contribution in [0.15, 0.2) is 57.4 Å². The van der Waals surface area contributed by atoms with Crippen LogP contribution in [0.3, 0.4) is 0 Å². The maximum Gasteiger partial charge on any atom is 0.338 e. The van der Waals surface area contributed by atoms with Gasteiger partial charge in [-0.05, 0) is 56.3 Å². The van der Waals surface area contributed by atoms with Crippen molar-refractivity contribution < 1.29 is 33.9 Å². The smallest absolute Gasteiger partial charge is 0.338 e. The third-order valence-corrected chi connectivity index (χ3v) is 5.84. The molecule has 0 saturated carbocycles. The van der Waals surface area contributed by atoms with Gasteiger partial charge in [-0.25, -0.2) is 9.59 Å². The van der Waals surface area contributed by atoms with Crippen molar-refractivity contribution in [3.8, 4) is 0 Å². The molecule has 9 nitrogen and oxygen atoms in total. The van der Waals surface area contributed by atoms with Gasteiger partial charge < -0.3 is 19.6 Å². The predicted molar refractivity (Wildman–Crippen MR) is 131 cm³/mol. The van der Waals surface area contributed by atoms with Gasteiger partial charge in [-0.2, -0.15) is 0 Å². The monoisotopic (exact) mass is 500 g/mol. The zero-order chi connectivity index (χ0) is 26.0. The van der Waals surface area contributed by atoms with E-state index in [9.17, 15) is 19.2 Å². The van der Waals surface area contributed by atoms with E-state index < -0.39 is 17.7 Å². The standard InChI is InChI=1S/C25H28N2O7S/c1-5-22(29)34-26-16(3)23(30)20-12-11-19(15-21(20)24(31)27(4)6-2)35-18-9-7-17(8-10-18)25(32)33-14-13-28/h7-12,15,28H,5-6,13-14H2,1-4H3/b26-16+. The molecule has 2 aromatic rings. The minimum absolute atomic E-state index is 0.0518. The Morgan fingerprint density at radius 3 is 2.26 bits per heavy atom. The summed E-state index contributed by atoms with van der Waals surface area (Å²) in [7, 11) is 1.63. The van der Waals surface area contributed by atoms with Gasteiger partial charge in [0.05, 0.1) is 17.7 Å². The third-order valence-electron chi connectivity index (χ3n) is 4.84. The number of ketones is 1. The summed E-state index contributed by atoms with van der Waals surface area (Å²) >= 11 is 1.35. The molecule has 0 unspecified atom stereocenters. The first kappa shape index (κ1) is 27.7. The van der Waals surface area contributed by atoms with Crippen molar-refractivity contribution in [1.29, 1.82) is 0 Å². The Balaban J connectivity index is 2.33. The summed E-state index contributed by atoms with van der Waals surface area (Å²) in [6, 6.07) is 11.6. The lowest BCUT2D eigenvalue weighted by Gasteiger charge is -2.17. The third kappa shape index (κ3) is 7.76. The van der Waals surface area contributed by atoms with Crippen LogP contribution in [0.4, 0.5) is 0 Å². The van der Waals surface area contributed by atoms with Gasteiger partial charge in [0.1, 0.15) is 12.3 Å². The molecule has 0 aliphatic rings. The first-order chi connectivity index (χ1) is 16.7. The van der Waals surface area contributed by atoms with Gasteiger partial charge in [0.15, 0.2) is 0 Å². The molecular weight excluding hydrogens is 472 g/mol. The van der Waals surface area contributed by atoms with E-state index in [2.05, 4.69) is 5.16 Å². The molecule has 0 radical (unpaired) electrons. The van der Waals surface area contributed by atoms with Crippen LogP contribution in [-0.2, 0) is 14.4 Å². The fraction of sp³-hybridized carbons (Fsp3) is 0.320. The molecule has 0 fully saturated rings. The van der Waals surface area contributed by atoms with Crippen molar-refractivity contribution in [3.63, 3.8) is 0 Å². The number of carbonyl (C=O) groups is 4. The molecule has 1 N–H and O–H groups in total. The van der Waals surface area contributed by atoms with E-state index in [0.29, 0.717) is 17.0 Å². The van der Waals surface area contributed by atoms with Crippen molar-refractivity contribution in [1.82, 2.24) is 4.90 Å². The number of aliphatic hydroxyl groups is 1. The molecule has 186 valence electrons. The van der Waals surface area contributed by atoms with Gasteiger partial charge in [-0.1, -0.05) is 23.8 Å². The van der Waals surface area contributed by atoms with E-state index in [-0.39, 0.29) is 42.4 Å². The highest BCUT2D eigenvalue weighted by Crippen LogP contribution is 2.30. The number of oxime groups is 1. The molecule has 10 heteroatoms. The van der Waals surface area contributed by atoms with Crippen molar-refractivity contribution in [2.24, 2.45) is 5.16 Å². The van der Waals surface area contributed by atoms with Crippen LogP contribution in [0, 0.1) is 0 Å². The molecule has 0 atom stereocenters. The molecular formula is C25H28N2O7S. The Morgan fingerprint density at radius 2 is 1.66 bits per heavy atom. The summed E-state index contributed by atoms with van der Waals surface area (Å²) in [5.41, 5.74) is 0.645. The number of Topliss-reactive ketones (excluding diaryl/α,β-unsaturated/α-hetero) is 1. The Hall–Kier alpha value is -3.50. The lowest BCUT2D eigenvalue weighted by molar-refractivity contribution is -0.143. The van der Waals surface area contributed by atoms with Crippen molar-refractivity contribution in [2.75, 3.05) is 26.8 Å². The maximum absolute atomic E-state index is 13.0. The molecule has 0 bridgehead atoms. The molecule has 0 aliphatic heterocycles. The van der Waals surface area contributed by atoms with E-state index in [1.165, 1.54) is 23.6 Å². The van der Waals surface area contributed by atoms with E-state index in [1.54, 1.807) is 56.4 Å². The molecule has 35 heavy (non-hydrogen) atoms. The van der Waals surface area contributed by atoms with E-state index in [4.69, 9.17) is 14.7 Å². The number of nitrogens with zero attached hydrogens (tertiary/aromatic N) is 2. The van der Waals surface area contributed by atoms with Crippen molar-refractivity contribution >= 4 is 41.1 Å². The second-order valence-electron chi connectivity index (χ2n) is 7.34. The first-order valence-electron chi connectivity index (χ1n) is 11.0. The van der Waals surface area contributed by atoms with E-state index in [0.717, 1.165) is 4.90 Å². The summed E-state index contributed by atoms with van der Waals surface area (Å²) in [6.07, 6.45) is 0.118. The Kier molecular flexibility index (Phi) is 10.6. The number of ether oxygens (including phenoxy) is 1. The molecule has 0 saturated heterocycles. The summed E-state index contributed by atoms with van der Waals surface area (Å²) in [4.78, 5) is 56.9. The molecule has 0 spiro atoms. The zero-order valence-corrected chi connectivity index (χ0v) is 20.9. The maximum atomic E-state index is 13.0. The first-order valence-corrected chi connectivity index (χ1v) is 11.8. The van der Waals surface area contributed by atoms with Crippen LogP contribution >= 0.6 is 11.8 Å². The van der Waals surface area contributed by atoms with Gasteiger partial charge in [-0.15, -0.1) is 0 Å². The molecule has 0 heterocycles. The molecule has 0 aromatic heterocycles. The van der Waals surface area contributed by atoms with Gasteiger partial charge in [0.25, 0.3) is 5.91 Å². The fourth-order valence-corrected chi connectivity index (χ4v) is 3.61. The molecule has 2 aromatic carbocycles. The average Bonchev–Trinajstić information content (AvgIpc) is 2.89. The topological polar surface area (TPSA) is 123 Å². The quantitative estimate of drug-likeness (QED) is 0.163. The summed E-state index contributed by atoms with van der Waals surface area (Å²) < 4.78 is 4.90. The number of hydrogen-bond donors (Lipinski definition) is 1. The number of benzene rings is 2. The second kappa shape index (κ2) is 13.4. The van der Waals surface area contributed by atoms with Gasteiger partial charge in [0.2, 0.25) is 5.78 Å². The van der Waals surface area contributed by atoms with Crippen LogP contribution in [-0.4, -0.2) is 66.2 Å². The lowest BCUT2D eigenvalue weighted by Crippen LogP contribution is -2.28. The van der Waals surface area contributed by atoms with E-state index >= 15 is 0 Å². The average molecular weight is 501 g/mol. The van der Waals surface area contributed by atoms with Crippen molar-refractivity contribution in [2.45, 2.75) is 37.0 Å². The predicted octanol–water partition coefficient (Wildman–Crippen LogP) is 3.59. The molecule has 0 aliphatic carbocycles. The van der Waals surface area contributed by atoms with Crippen molar-refractivity contribution in [3.05, 3.63) is 59.2 Å². The van der Waals surface area contributed by atoms with Crippen LogP contribution < -0.4 is 0 Å². The van der Waals surface area contributed by atoms with Gasteiger partial charge >= 0.3 is 11.9 Å². The lowest BCUT2D eigenvalue weighted by atomic mass is 10.00. The SMILES string of the molecule is CCC(=O)O/N=C(\C)C(=O)c1ccc(Sc2ccc(C(=O)OCCO)cc2)cc1C(=O)N(C)CC. The van der Waals surface area contributed by atoms with Gasteiger partial charge in [-0.3, -0.25) is 9.59 Å². The molecule has 2 rings (SSSR count). The highest BCUT2D eigenvalue weighted by atomic mass is 32.2. The number of amides is 1. The summed E-state index contributed by atoms with van der Waals surface area (Å²) in [5, 5.41) is 12.4. The fourth-order valence-electron chi connectivity index (χ4n) is 2.75. The highest BCUT2D eigenvalue weighted by molar-refractivity contribution is 7.99. The minimum Gasteiger partial charge on any atom is -0.460 e. The van der Waals surface area contributed by atoms with Crippen LogP contribution in [0.25, 0.3) is 0 Å². The Labute approximate surface area is 208 Å². The highest BCUT2D eigenvalue weighted by Gasteiger charge is 2.22. The number of hydrogen-bond acceptors (Lipinski definition) is 9. The normalized spacial score (nSPS) is 11.1. The summed E-state index contributed by atoms with van der Waals surface area (Å²) in [6.45, 7) is 4.97. The van der Waals surface area contributed by atoms with Gasteiger partial charge in [0, 0.05) is 35.4 Å². The Bertz CT molecular complexity index is 1110. The molecule has 1 amide bonds. The largest absolute Gasteiger partial charge is 0.460 e. The number of esters is 1. The van der Waals surface area contributed by atoms with E-state index in [1.807, 2.05) is 6.92 Å².